The van der Waals surface area contributed by atoms with Crippen molar-refractivity contribution in [2.45, 2.75) is 20.0 Å². The molecular formula is C26H25NO4. The lowest BCUT2D eigenvalue weighted by molar-refractivity contribution is 0.312. The Morgan fingerprint density at radius 3 is 2.42 bits per heavy atom. The number of hydrogen-bond donors (Lipinski definition) is 1. The fraction of sp³-hybridized carbons (Fsp3) is 0.192. The van der Waals surface area contributed by atoms with Crippen molar-refractivity contribution in [3.05, 3.63) is 93.8 Å². The Labute approximate surface area is 181 Å². The lowest BCUT2D eigenvalue weighted by Crippen LogP contribution is -2.18. The van der Waals surface area contributed by atoms with E-state index >= 15 is 0 Å². The maximum atomic E-state index is 13.4. The zero-order chi connectivity index (χ0) is 22.0. The molecule has 0 aliphatic carbocycles. The maximum Gasteiger partial charge on any atom is 0.200 e. The largest absolute Gasteiger partial charge is 0.507 e. The molecule has 0 saturated carbocycles. The highest BCUT2D eigenvalue weighted by molar-refractivity contribution is 5.87. The van der Waals surface area contributed by atoms with E-state index in [-0.39, 0.29) is 11.2 Å². The summed E-state index contributed by atoms with van der Waals surface area (Å²) < 4.78 is 11.6. The second kappa shape index (κ2) is 8.66. The Bertz CT molecular complexity index is 1280. The van der Waals surface area contributed by atoms with Crippen LogP contribution in [0.5, 0.6) is 11.5 Å². The maximum absolute atomic E-state index is 13.4. The summed E-state index contributed by atoms with van der Waals surface area (Å²) in [5.41, 5.74) is 3.20. The van der Waals surface area contributed by atoms with Crippen LogP contribution in [0.15, 0.2) is 75.9 Å². The number of phenols is 1. The second-order valence-electron chi connectivity index (χ2n) is 7.66. The molecule has 0 fully saturated rings. The van der Waals surface area contributed by atoms with E-state index in [4.69, 9.17) is 9.15 Å². The molecule has 4 rings (SSSR count). The third-order valence-electron chi connectivity index (χ3n) is 5.41. The van der Waals surface area contributed by atoms with Gasteiger partial charge < -0.3 is 14.3 Å². The van der Waals surface area contributed by atoms with Crippen LogP contribution in [-0.2, 0) is 13.1 Å². The van der Waals surface area contributed by atoms with Gasteiger partial charge in [-0.05, 0) is 37.7 Å². The lowest BCUT2D eigenvalue weighted by Gasteiger charge is -2.19. The van der Waals surface area contributed by atoms with Crippen LogP contribution in [0.25, 0.3) is 22.1 Å². The second-order valence-corrected chi connectivity index (χ2v) is 7.66. The van der Waals surface area contributed by atoms with Gasteiger partial charge in [-0.15, -0.1) is 0 Å². The van der Waals surface area contributed by atoms with E-state index in [0.29, 0.717) is 52.3 Å². The minimum atomic E-state index is -0.143. The SMILES string of the molecule is COc1ccccc1-c1c(C)oc2c(CN(C)Cc3ccccc3)c(O)ccc2c1=O. The third kappa shape index (κ3) is 4.05. The van der Waals surface area contributed by atoms with Gasteiger partial charge >= 0.3 is 0 Å². The molecule has 0 unspecified atom stereocenters. The summed E-state index contributed by atoms with van der Waals surface area (Å²) in [7, 11) is 3.55. The van der Waals surface area contributed by atoms with Crippen molar-refractivity contribution in [3.63, 3.8) is 0 Å². The molecule has 0 saturated heterocycles. The van der Waals surface area contributed by atoms with Crippen LogP contribution in [0.1, 0.15) is 16.9 Å². The molecule has 0 radical (unpaired) electrons. The van der Waals surface area contributed by atoms with Gasteiger partial charge in [0.25, 0.3) is 0 Å². The van der Waals surface area contributed by atoms with E-state index in [1.165, 1.54) is 5.56 Å². The molecule has 0 atom stereocenters. The van der Waals surface area contributed by atoms with E-state index in [9.17, 15) is 9.90 Å². The smallest absolute Gasteiger partial charge is 0.200 e. The number of hydrogen-bond acceptors (Lipinski definition) is 5. The normalized spacial score (nSPS) is 11.2. The first-order chi connectivity index (χ1) is 15.0. The molecule has 0 spiro atoms. The van der Waals surface area contributed by atoms with Gasteiger partial charge in [0, 0.05) is 18.7 Å². The zero-order valence-corrected chi connectivity index (χ0v) is 17.9. The van der Waals surface area contributed by atoms with Gasteiger partial charge in [0.05, 0.1) is 23.6 Å². The Morgan fingerprint density at radius 2 is 1.68 bits per heavy atom. The first-order valence-corrected chi connectivity index (χ1v) is 10.1. The van der Waals surface area contributed by atoms with Crippen LogP contribution in [-0.4, -0.2) is 24.2 Å². The fourth-order valence-corrected chi connectivity index (χ4v) is 3.95. The van der Waals surface area contributed by atoms with Gasteiger partial charge in [-0.2, -0.15) is 0 Å². The molecule has 5 nitrogen and oxygen atoms in total. The first kappa shape index (κ1) is 20.7. The summed E-state index contributed by atoms with van der Waals surface area (Å²) in [5, 5.41) is 11.0. The van der Waals surface area contributed by atoms with E-state index in [1.54, 1.807) is 26.2 Å². The predicted octanol–water partition coefficient (Wildman–Crippen LogP) is 5.11. The Kier molecular flexibility index (Phi) is 5.78. The average molecular weight is 415 g/mol. The zero-order valence-electron chi connectivity index (χ0n) is 17.9. The van der Waals surface area contributed by atoms with E-state index in [1.807, 2.05) is 49.5 Å². The quantitative estimate of drug-likeness (QED) is 0.474. The number of aryl methyl sites for hydroxylation is 1. The van der Waals surface area contributed by atoms with Gasteiger partial charge in [0.15, 0.2) is 0 Å². The number of para-hydroxylation sites is 1. The topological polar surface area (TPSA) is 62.9 Å². The van der Waals surface area contributed by atoms with Gasteiger partial charge in [0.2, 0.25) is 5.43 Å². The molecule has 0 amide bonds. The average Bonchev–Trinajstić information content (AvgIpc) is 2.77. The number of rotatable bonds is 6. The molecule has 5 heteroatoms. The van der Waals surface area contributed by atoms with Crippen LogP contribution in [0, 0.1) is 6.92 Å². The first-order valence-electron chi connectivity index (χ1n) is 10.1. The highest BCUT2D eigenvalue weighted by Crippen LogP contribution is 2.34. The molecule has 0 aliphatic rings. The van der Waals surface area contributed by atoms with Gasteiger partial charge in [-0.3, -0.25) is 9.69 Å². The molecule has 1 N–H and O–H groups in total. The molecule has 31 heavy (non-hydrogen) atoms. The molecular weight excluding hydrogens is 390 g/mol. The molecule has 4 aromatic rings. The number of fused-ring (bicyclic) bond motifs is 1. The van der Waals surface area contributed by atoms with Gasteiger partial charge in [0.1, 0.15) is 22.8 Å². The number of phenolic OH excluding ortho intramolecular Hbond substituents is 1. The minimum absolute atomic E-state index is 0.111. The number of nitrogens with zero attached hydrogens (tertiary/aromatic N) is 1. The lowest BCUT2D eigenvalue weighted by atomic mass is 10.00. The van der Waals surface area contributed by atoms with Crippen molar-refractivity contribution in [3.8, 4) is 22.6 Å². The van der Waals surface area contributed by atoms with Crippen LogP contribution >= 0.6 is 0 Å². The van der Waals surface area contributed by atoms with Crippen molar-refractivity contribution >= 4 is 11.0 Å². The van der Waals surface area contributed by atoms with Crippen molar-refractivity contribution < 1.29 is 14.3 Å². The summed E-state index contributed by atoms with van der Waals surface area (Å²) >= 11 is 0. The van der Waals surface area contributed by atoms with E-state index in [0.717, 1.165) is 0 Å². The highest BCUT2D eigenvalue weighted by atomic mass is 16.5. The fourth-order valence-electron chi connectivity index (χ4n) is 3.95. The van der Waals surface area contributed by atoms with Gasteiger partial charge in [-0.25, -0.2) is 0 Å². The number of aromatic hydroxyl groups is 1. The summed E-state index contributed by atoms with van der Waals surface area (Å²) in [6, 6.07) is 20.7. The van der Waals surface area contributed by atoms with Crippen LogP contribution in [0.2, 0.25) is 0 Å². The molecule has 0 aliphatic heterocycles. The summed E-state index contributed by atoms with van der Waals surface area (Å²) in [6.45, 7) is 2.91. The van der Waals surface area contributed by atoms with E-state index in [2.05, 4.69) is 17.0 Å². The summed E-state index contributed by atoms with van der Waals surface area (Å²) in [4.78, 5) is 15.5. The molecule has 1 heterocycles. The molecule has 1 aromatic heterocycles. The van der Waals surface area contributed by atoms with Crippen molar-refractivity contribution in [1.82, 2.24) is 4.90 Å². The number of methoxy groups -OCH3 is 1. The minimum Gasteiger partial charge on any atom is -0.507 e. The van der Waals surface area contributed by atoms with Crippen LogP contribution < -0.4 is 10.2 Å². The van der Waals surface area contributed by atoms with Crippen LogP contribution in [0.4, 0.5) is 0 Å². The predicted molar refractivity (Wildman–Crippen MR) is 122 cm³/mol. The Morgan fingerprint density at radius 1 is 0.968 bits per heavy atom. The van der Waals surface area contributed by atoms with Crippen molar-refractivity contribution in [1.29, 1.82) is 0 Å². The standard InChI is InChI=1S/C26H25NO4/c1-17-24(19-11-7-8-12-23(19)30-3)25(29)20-13-14-22(28)21(26(20)31-17)16-27(2)15-18-9-5-4-6-10-18/h4-14,28H,15-16H2,1-3H3. The molecule has 0 bridgehead atoms. The summed E-state index contributed by atoms with van der Waals surface area (Å²) in [6.07, 6.45) is 0. The highest BCUT2D eigenvalue weighted by Gasteiger charge is 2.20. The number of benzene rings is 3. The summed E-state index contributed by atoms with van der Waals surface area (Å²) in [5.74, 6) is 1.21. The third-order valence-corrected chi connectivity index (χ3v) is 5.41. The van der Waals surface area contributed by atoms with Crippen molar-refractivity contribution in [2.75, 3.05) is 14.2 Å². The van der Waals surface area contributed by atoms with Gasteiger partial charge in [-0.1, -0.05) is 48.5 Å². The molecule has 158 valence electrons. The Hall–Kier alpha value is -3.57. The van der Waals surface area contributed by atoms with E-state index < -0.39 is 0 Å². The Balaban J connectivity index is 1.80. The van der Waals surface area contributed by atoms with Crippen LogP contribution in [0.3, 0.4) is 0 Å². The monoisotopic (exact) mass is 415 g/mol. The number of ether oxygens (including phenoxy) is 1. The van der Waals surface area contributed by atoms with Crippen molar-refractivity contribution in [2.24, 2.45) is 0 Å². The molecule has 3 aromatic carbocycles.